The third-order valence-electron chi connectivity index (χ3n) is 8.49. The Morgan fingerprint density at radius 3 is 1.23 bits per heavy atom. The molecule has 328 valence electrons. The molecule has 0 saturated heterocycles. The second-order valence-electron chi connectivity index (χ2n) is 12.5. The lowest BCUT2D eigenvalue weighted by Gasteiger charge is -2.21. The number of aromatic hydroxyl groups is 2. The van der Waals surface area contributed by atoms with Gasteiger partial charge in [-0.05, 0) is 65.1 Å². The molecule has 2 aliphatic rings. The Kier molecular flexibility index (Phi) is 10.9. The van der Waals surface area contributed by atoms with E-state index in [1.54, 1.807) is 0 Å². The van der Waals surface area contributed by atoms with Crippen molar-refractivity contribution in [2.24, 2.45) is 10.2 Å². The van der Waals surface area contributed by atoms with Crippen molar-refractivity contribution in [2.45, 2.75) is 19.6 Å². The van der Waals surface area contributed by atoms with Gasteiger partial charge in [-0.2, -0.15) is 60.7 Å². The van der Waals surface area contributed by atoms with Crippen LogP contribution >= 0.6 is 0 Å². The molecule has 0 atom stereocenters. The van der Waals surface area contributed by atoms with Crippen molar-refractivity contribution in [1.29, 1.82) is 0 Å². The minimum atomic E-state index is -5.62. The fourth-order valence-corrected chi connectivity index (χ4v) is 9.39. The summed E-state index contributed by atoms with van der Waals surface area (Å²) in [5.74, 6) is -5.46. The number of hydrazone groups is 2. The summed E-state index contributed by atoms with van der Waals surface area (Å²) in [6.45, 7) is 0. The number of phenols is 2. The number of carbonyl (C=O) groups is 2. The van der Waals surface area contributed by atoms with Crippen LogP contribution in [-0.2, 0) is 60.7 Å². The Labute approximate surface area is 346 Å². The molecule has 0 fully saturated rings. The number of fused-ring (bicyclic) bond motifs is 3. The number of rotatable bonds is 10. The summed E-state index contributed by atoms with van der Waals surface area (Å²) >= 11 is 0. The SMILES string of the molecule is O=C1/C(=N/Nc2cc(S(=O)(=O)O)cc3c2C(=O)/C(=N\Nc2cc(S(=O)(=O)O)cc4cc(S(=O)(=O)O)cc(O)c24)C(S(=O)(=O)O)=C3)C(S(=O)(=O)O)=Cc2cc(S(=O)(=O)O)cc(O)c21. The van der Waals surface area contributed by atoms with Crippen LogP contribution in [0.5, 0.6) is 11.5 Å². The monoisotopic (exact) mass is 980 g/mol. The van der Waals surface area contributed by atoms with Crippen molar-refractivity contribution < 1.29 is 97.6 Å². The third kappa shape index (κ3) is 8.69. The molecule has 4 aromatic rings. The zero-order chi connectivity index (χ0) is 46.4. The number of carbonyl (C=O) groups excluding carboxylic acids is 2. The van der Waals surface area contributed by atoms with Crippen molar-refractivity contribution in [2.75, 3.05) is 10.9 Å². The Balaban J connectivity index is 1.57. The predicted molar refractivity (Wildman–Crippen MR) is 209 cm³/mol. The highest BCUT2D eigenvalue weighted by Crippen LogP contribution is 2.39. The minimum absolute atomic E-state index is 0.377. The van der Waals surface area contributed by atoms with E-state index in [9.17, 15) is 97.6 Å². The largest absolute Gasteiger partial charge is 0.507 e. The topological polar surface area (TPSA) is 450 Å². The van der Waals surface area contributed by atoms with Crippen LogP contribution in [0.15, 0.2) is 88.1 Å². The van der Waals surface area contributed by atoms with Crippen LogP contribution in [-0.4, -0.2) is 111 Å². The first-order chi connectivity index (χ1) is 28.2. The van der Waals surface area contributed by atoms with E-state index in [1.165, 1.54) is 0 Å². The van der Waals surface area contributed by atoms with Gasteiger partial charge in [0.25, 0.3) is 60.7 Å². The van der Waals surface area contributed by atoms with E-state index in [0.29, 0.717) is 60.7 Å². The van der Waals surface area contributed by atoms with E-state index >= 15 is 0 Å². The standard InChI is InChI=1S/C30H20N4O22S6/c35-20-9-16(59(45,46)47)2-11-1-14(57(39,40)41)7-18(24(11)20)31-33-27-22(61(51,52)53)5-12-3-15(58(42,43)44)8-19(25(12)29(27)37)32-34-28-23(62(54,55)56)6-13-4-17(60(48,49)50)10-21(36)26(13)30(28)38/h1-10,31-32,35-36H,(H,39,40,41)(H,42,43,44)(H,45,46,47)(H,48,49,50)(H,51,52,53)(H,54,55,56)/b33-27-,34-28+. The first-order valence-electron chi connectivity index (χ1n) is 15.6. The van der Waals surface area contributed by atoms with Crippen molar-refractivity contribution in [3.05, 3.63) is 80.6 Å². The highest BCUT2D eigenvalue weighted by Gasteiger charge is 2.38. The average Bonchev–Trinajstić information content (AvgIpc) is 3.10. The Morgan fingerprint density at radius 1 is 0.419 bits per heavy atom. The van der Waals surface area contributed by atoms with E-state index in [1.807, 2.05) is 10.9 Å². The summed E-state index contributed by atoms with van der Waals surface area (Å²) in [6.07, 6.45) is 0.800. The second kappa shape index (κ2) is 14.8. The number of ketones is 2. The number of hydrogen-bond donors (Lipinski definition) is 10. The van der Waals surface area contributed by atoms with Crippen LogP contribution in [0.1, 0.15) is 31.8 Å². The molecule has 0 heterocycles. The number of nitrogens with zero attached hydrogens (tertiary/aromatic N) is 2. The molecule has 0 amide bonds. The van der Waals surface area contributed by atoms with Gasteiger partial charge in [-0.25, -0.2) is 0 Å². The molecule has 62 heavy (non-hydrogen) atoms. The van der Waals surface area contributed by atoms with Crippen molar-refractivity contribution in [1.82, 2.24) is 0 Å². The van der Waals surface area contributed by atoms with Crippen LogP contribution in [0.4, 0.5) is 11.4 Å². The molecule has 0 aliphatic heterocycles. The molecule has 0 bridgehead atoms. The van der Waals surface area contributed by atoms with Gasteiger partial charge in [-0.3, -0.25) is 47.8 Å². The first kappa shape index (κ1) is 45.5. The summed E-state index contributed by atoms with van der Waals surface area (Å²) in [5, 5.41) is 27.2. The van der Waals surface area contributed by atoms with Gasteiger partial charge in [0.2, 0.25) is 11.6 Å². The van der Waals surface area contributed by atoms with Crippen LogP contribution in [0, 0.1) is 0 Å². The quantitative estimate of drug-likeness (QED) is 0.0783. The van der Waals surface area contributed by atoms with Crippen LogP contribution in [0.3, 0.4) is 0 Å². The number of anilines is 2. The maximum Gasteiger partial charge on any atom is 0.296 e. The molecule has 0 unspecified atom stereocenters. The zero-order valence-electron chi connectivity index (χ0n) is 29.4. The molecule has 0 saturated carbocycles. The summed E-state index contributed by atoms with van der Waals surface area (Å²) < 4.78 is 204. The maximum atomic E-state index is 14.2. The van der Waals surface area contributed by atoms with E-state index in [0.717, 1.165) is 0 Å². The number of nitrogens with one attached hydrogen (secondary N) is 2. The fourth-order valence-electron chi connectivity index (χ4n) is 5.92. The third-order valence-corrected chi connectivity index (χ3v) is 13.5. The molecule has 32 heteroatoms. The van der Waals surface area contributed by atoms with Crippen molar-refractivity contribution in [3.8, 4) is 11.5 Å². The molecule has 10 N–H and O–H groups in total. The molecule has 4 aromatic carbocycles. The van der Waals surface area contributed by atoms with Gasteiger partial charge < -0.3 is 10.2 Å². The van der Waals surface area contributed by atoms with Gasteiger partial charge in [0, 0.05) is 17.5 Å². The molecule has 0 spiro atoms. The van der Waals surface area contributed by atoms with E-state index in [4.69, 9.17) is 0 Å². The Bertz CT molecular complexity index is 3610. The van der Waals surface area contributed by atoms with E-state index in [-0.39, 0.29) is 0 Å². The summed E-state index contributed by atoms with van der Waals surface area (Å²) in [6, 6.07) is 4.03. The van der Waals surface area contributed by atoms with Crippen molar-refractivity contribution >= 4 is 118 Å². The predicted octanol–water partition coefficient (Wildman–Crippen LogP) is 1.02. The van der Waals surface area contributed by atoms with Gasteiger partial charge in [0.1, 0.15) is 21.3 Å². The average molecular weight is 981 g/mol. The molecule has 26 nitrogen and oxygen atoms in total. The molecular formula is C30H20N4O22S6. The molecule has 0 radical (unpaired) electrons. The minimum Gasteiger partial charge on any atom is -0.507 e. The normalized spacial score (nSPS) is 16.5. The lowest BCUT2D eigenvalue weighted by atomic mass is 9.93. The second-order valence-corrected chi connectivity index (χ2v) is 21.0. The molecular weight excluding hydrogens is 961 g/mol. The van der Waals surface area contributed by atoms with Crippen LogP contribution in [0.2, 0.25) is 0 Å². The van der Waals surface area contributed by atoms with Gasteiger partial charge in [0.15, 0.2) is 11.4 Å². The molecule has 6 rings (SSSR count). The van der Waals surface area contributed by atoms with Gasteiger partial charge >= 0.3 is 0 Å². The fraction of sp³-hybridized carbons (Fsp3) is 0. The van der Waals surface area contributed by atoms with Gasteiger partial charge in [-0.1, -0.05) is 0 Å². The zero-order valence-corrected chi connectivity index (χ0v) is 34.3. The maximum absolute atomic E-state index is 14.2. The van der Waals surface area contributed by atoms with Crippen LogP contribution in [0.25, 0.3) is 22.9 Å². The van der Waals surface area contributed by atoms with Gasteiger partial charge in [0.05, 0.1) is 42.1 Å². The van der Waals surface area contributed by atoms with Gasteiger partial charge in [-0.15, -0.1) is 0 Å². The molecule has 2 aliphatic carbocycles. The van der Waals surface area contributed by atoms with Crippen LogP contribution < -0.4 is 10.9 Å². The summed E-state index contributed by atoms with van der Waals surface area (Å²) in [4.78, 5) is 20.6. The number of benzene rings is 4. The van der Waals surface area contributed by atoms with Crippen molar-refractivity contribution in [3.63, 3.8) is 0 Å². The number of phenolic OH excluding ortho intramolecular Hbond substituents is 2. The number of hydrogen-bond acceptors (Lipinski definition) is 20. The highest BCUT2D eigenvalue weighted by atomic mass is 32.2. The molecule has 0 aromatic heterocycles. The first-order valence-corrected chi connectivity index (χ1v) is 24.2. The van der Waals surface area contributed by atoms with E-state index < -0.39 is 169 Å². The number of Topliss-reactive ketones (excluding diaryl/α,β-unsaturated/α-hetero) is 2. The smallest absolute Gasteiger partial charge is 0.296 e. The lowest BCUT2D eigenvalue weighted by Crippen LogP contribution is -2.29. The Hall–Kier alpha value is -6.04. The highest BCUT2D eigenvalue weighted by molar-refractivity contribution is 7.91. The number of allylic oxidation sites excluding steroid dienone is 2. The summed E-state index contributed by atoms with van der Waals surface area (Å²) in [7, 11) is -31.9. The summed E-state index contributed by atoms with van der Waals surface area (Å²) in [5.41, 5.74) is -3.72. The lowest BCUT2D eigenvalue weighted by molar-refractivity contribution is 0.105. The Morgan fingerprint density at radius 2 is 0.774 bits per heavy atom. The van der Waals surface area contributed by atoms with E-state index in [2.05, 4.69) is 10.2 Å².